The number of aliphatic carboxylic acids is 1. The predicted molar refractivity (Wildman–Crippen MR) is 108 cm³/mol. The maximum Gasteiger partial charge on any atom is 0.407 e. The Morgan fingerprint density at radius 2 is 1.42 bits per heavy atom. The number of sulfone groups is 1. The SMILES string of the molecule is CC(C)(F)C[C@H](N[C@@H](c1ccc(-c2ccc(S(C)(=O)=O)cc2)cc1)C(F)(F)F)C(=O)O. The van der Waals surface area contributed by atoms with Gasteiger partial charge in [0.25, 0.3) is 0 Å². The van der Waals surface area contributed by atoms with Gasteiger partial charge >= 0.3 is 12.1 Å². The van der Waals surface area contributed by atoms with Gasteiger partial charge in [-0.3, -0.25) is 10.1 Å². The van der Waals surface area contributed by atoms with E-state index < -0.39 is 46.2 Å². The van der Waals surface area contributed by atoms with Crippen LogP contribution in [0.4, 0.5) is 17.6 Å². The average Bonchev–Trinajstić information content (AvgIpc) is 2.62. The van der Waals surface area contributed by atoms with Crippen LogP contribution in [0.5, 0.6) is 0 Å². The van der Waals surface area contributed by atoms with Crippen LogP contribution in [0.1, 0.15) is 31.9 Å². The number of hydrogen-bond donors (Lipinski definition) is 2. The van der Waals surface area contributed by atoms with E-state index in [2.05, 4.69) is 0 Å². The molecule has 0 saturated heterocycles. The van der Waals surface area contributed by atoms with Gasteiger partial charge in [-0.15, -0.1) is 0 Å². The summed E-state index contributed by atoms with van der Waals surface area (Å²) in [5.41, 5.74) is -1.07. The number of hydrogen-bond acceptors (Lipinski definition) is 4. The third-order valence-corrected chi connectivity index (χ3v) is 5.67. The van der Waals surface area contributed by atoms with Crippen molar-refractivity contribution >= 4 is 15.8 Å². The summed E-state index contributed by atoms with van der Waals surface area (Å²) in [6.45, 7) is 2.19. The maximum absolute atomic E-state index is 13.9. The molecular weight excluding hydrogens is 438 g/mol. The largest absolute Gasteiger partial charge is 0.480 e. The first-order chi connectivity index (χ1) is 14.1. The molecule has 0 aromatic heterocycles. The Bertz CT molecular complexity index is 1010. The first-order valence-electron chi connectivity index (χ1n) is 9.23. The Hall–Kier alpha value is -2.46. The van der Waals surface area contributed by atoms with Crippen LogP contribution in [0.3, 0.4) is 0 Å². The molecule has 170 valence electrons. The molecule has 0 bridgehead atoms. The molecule has 5 nitrogen and oxygen atoms in total. The molecule has 0 fully saturated rings. The lowest BCUT2D eigenvalue weighted by Crippen LogP contribution is -2.47. The van der Waals surface area contributed by atoms with Gasteiger partial charge in [-0.05, 0) is 42.7 Å². The van der Waals surface area contributed by atoms with E-state index in [-0.39, 0.29) is 10.5 Å². The van der Waals surface area contributed by atoms with Gasteiger partial charge in [-0.1, -0.05) is 36.4 Å². The third kappa shape index (κ3) is 7.03. The smallest absolute Gasteiger partial charge is 0.407 e. The number of alkyl halides is 4. The molecule has 0 spiro atoms. The number of halogens is 4. The van der Waals surface area contributed by atoms with Gasteiger partial charge in [0.05, 0.1) is 4.90 Å². The van der Waals surface area contributed by atoms with Crippen molar-refractivity contribution in [3.63, 3.8) is 0 Å². The molecule has 2 atom stereocenters. The minimum atomic E-state index is -4.81. The highest BCUT2D eigenvalue weighted by molar-refractivity contribution is 7.90. The predicted octanol–water partition coefficient (Wildman–Crippen LogP) is 4.54. The highest BCUT2D eigenvalue weighted by atomic mass is 32.2. The van der Waals surface area contributed by atoms with Gasteiger partial charge in [0.15, 0.2) is 9.84 Å². The Balaban J connectivity index is 2.32. The molecular formula is C21H23F4NO4S. The molecule has 2 aromatic rings. The lowest BCUT2D eigenvalue weighted by Gasteiger charge is -2.28. The quantitative estimate of drug-likeness (QED) is 0.564. The topological polar surface area (TPSA) is 83.5 Å². The first kappa shape index (κ1) is 24.8. The van der Waals surface area contributed by atoms with Gasteiger partial charge in [0.2, 0.25) is 0 Å². The second kappa shape index (κ2) is 8.96. The standard InChI is InChI=1S/C21H23F4NO4S/c1-20(2,22)12-17(19(27)28)26-18(21(23,24)25)15-6-4-13(5-7-15)14-8-10-16(11-9-14)31(3,29)30/h4-11,17-18,26H,12H2,1-3H3,(H,27,28)/t17-,18-/m0/s1. The summed E-state index contributed by atoms with van der Waals surface area (Å²) in [4.78, 5) is 11.5. The molecule has 0 amide bonds. The summed E-state index contributed by atoms with van der Waals surface area (Å²) in [5.74, 6) is -1.58. The first-order valence-corrected chi connectivity index (χ1v) is 11.1. The second-order valence-corrected chi connectivity index (χ2v) is 9.89. The average molecular weight is 461 g/mol. The van der Waals surface area contributed by atoms with E-state index in [9.17, 15) is 35.9 Å². The molecule has 10 heteroatoms. The van der Waals surface area contributed by atoms with E-state index in [1.165, 1.54) is 48.5 Å². The Kier molecular flexibility index (Phi) is 7.17. The number of carboxylic acid groups (broad SMARTS) is 1. The minimum Gasteiger partial charge on any atom is -0.480 e. The van der Waals surface area contributed by atoms with Crippen LogP contribution in [-0.2, 0) is 14.6 Å². The zero-order valence-corrected chi connectivity index (χ0v) is 17.9. The van der Waals surface area contributed by atoms with E-state index in [1.807, 2.05) is 5.32 Å². The van der Waals surface area contributed by atoms with E-state index in [0.717, 1.165) is 20.1 Å². The number of rotatable bonds is 8. The van der Waals surface area contributed by atoms with Crippen molar-refractivity contribution in [3.05, 3.63) is 54.1 Å². The van der Waals surface area contributed by atoms with Crippen molar-refractivity contribution in [2.45, 2.75) is 49.1 Å². The number of nitrogens with one attached hydrogen (secondary N) is 1. The van der Waals surface area contributed by atoms with Crippen LogP contribution in [-0.4, -0.2) is 43.6 Å². The van der Waals surface area contributed by atoms with Gasteiger partial charge < -0.3 is 5.11 Å². The zero-order chi connectivity index (χ0) is 23.6. The molecule has 0 heterocycles. The van der Waals surface area contributed by atoms with Crippen molar-refractivity contribution in [2.24, 2.45) is 0 Å². The van der Waals surface area contributed by atoms with Crippen LogP contribution >= 0.6 is 0 Å². The number of benzene rings is 2. The Labute approximate surface area is 178 Å². The van der Waals surface area contributed by atoms with Crippen LogP contribution in [0.2, 0.25) is 0 Å². The molecule has 2 rings (SSSR count). The number of carboxylic acids is 1. The second-order valence-electron chi connectivity index (χ2n) is 7.87. The van der Waals surface area contributed by atoms with E-state index in [1.54, 1.807) is 0 Å². The van der Waals surface area contributed by atoms with Crippen LogP contribution in [0.15, 0.2) is 53.4 Å². The van der Waals surface area contributed by atoms with Gasteiger partial charge in [0.1, 0.15) is 17.8 Å². The van der Waals surface area contributed by atoms with Crippen molar-refractivity contribution in [3.8, 4) is 11.1 Å². The van der Waals surface area contributed by atoms with Crippen LogP contribution in [0, 0.1) is 0 Å². The lowest BCUT2D eigenvalue weighted by atomic mass is 9.97. The van der Waals surface area contributed by atoms with E-state index >= 15 is 0 Å². The summed E-state index contributed by atoms with van der Waals surface area (Å²) in [6, 6.07) is 7.05. The summed E-state index contributed by atoms with van der Waals surface area (Å²) in [7, 11) is -3.38. The zero-order valence-electron chi connectivity index (χ0n) is 17.1. The normalized spacial score (nSPS) is 14.8. The molecule has 0 aliphatic carbocycles. The van der Waals surface area contributed by atoms with E-state index in [0.29, 0.717) is 11.1 Å². The van der Waals surface area contributed by atoms with Crippen molar-refractivity contribution in [2.75, 3.05) is 6.26 Å². The van der Waals surface area contributed by atoms with Crippen molar-refractivity contribution < 1.29 is 35.9 Å². The maximum atomic E-state index is 13.9. The van der Waals surface area contributed by atoms with Crippen LogP contribution in [0.25, 0.3) is 11.1 Å². The van der Waals surface area contributed by atoms with Crippen LogP contribution < -0.4 is 5.32 Å². The number of carbonyl (C=O) groups is 1. The molecule has 0 aliphatic heterocycles. The molecule has 0 unspecified atom stereocenters. The van der Waals surface area contributed by atoms with E-state index in [4.69, 9.17) is 0 Å². The molecule has 2 aromatic carbocycles. The van der Waals surface area contributed by atoms with Crippen molar-refractivity contribution in [1.29, 1.82) is 0 Å². The van der Waals surface area contributed by atoms with Gasteiger partial charge in [0, 0.05) is 12.7 Å². The fourth-order valence-corrected chi connectivity index (χ4v) is 3.68. The molecule has 2 N–H and O–H groups in total. The summed E-state index contributed by atoms with van der Waals surface area (Å²) in [6.07, 6.45) is -4.39. The fraction of sp³-hybridized carbons (Fsp3) is 0.381. The summed E-state index contributed by atoms with van der Waals surface area (Å²) in [5, 5.41) is 11.2. The van der Waals surface area contributed by atoms with Crippen molar-refractivity contribution in [1.82, 2.24) is 5.32 Å². The highest BCUT2D eigenvalue weighted by Crippen LogP contribution is 2.35. The molecule has 0 saturated carbocycles. The Morgan fingerprint density at radius 3 is 1.77 bits per heavy atom. The van der Waals surface area contributed by atoms with Gasteiger partial charge in [-0.25, -0.2) is 12.8 Å². The molecule has 31 heavy (non-hydrogen) atoms. The molecule has 0 aliphatic rings. The monoisotopic (exact) mass is 461 g/mol. The summed E-state index contributed by atoms with van der Waals surface area (Å²) < 4.78 is 77.9. The Morgan fingerprint density at radius 1 is 0.968 bits per heavy atom. The molecule has 0 radical (unpaired) electrons. The summed E-state index contributed by atoms with van der Waals surface area (Å²) >= 11 is 0. The third-order valence-electron chi connectivity index (χ3n) is 4.54. The lowest BCUT2D eigenvalue weighted by molar-refractivity contribution is -0.164. The highest BCUT2D eigenvalue weighted by Gasteiger charge is 2.43. The minimum absolute atomic E-state index is 0.115. The van der Waals surface area contributed by atoms with Gasteiger partial charge in [-0.2, -0.15) is 13.2 Å². The fourth-order valence-electron chi connectivity index (χ4n) is 3.05.